The Bertz CT molecular complexity index is 478. The van der Waals surface area contributed by atoms with Gasteiger partial charge in [-0.15, -0.1) is 0 Å². The van der Waals surface area contributed by atoms with Crippen LogP contribution in [0.1, 0.15) is 5.69 Å². The van der Waals surface area contributed by atoms with Crippen molar-refractivity contribution >= 4 is 11.6 Å². The van der Waals surface area contributed by atoms with E-state index in [0.717, 1.165) is 17.1 Å². The summed E-state index contributed by atoms with van der Waals surface area (Å²) in [6, 6.07) is 3.82. The van der Waals surface area contributed by atoms with Crippen LogP contribution in [0.4, 0.5) is 0 Å². The lowest BCUT2D eigenvalue weighted by atomic mass is 10.2. The average Bonchev–Trinajstić information content (AvgIpc) is 2.59. The van der Waals surface area contributed by atoms with Gasteiger partial charge >= 0.3 is 0 Å². The van der Waals surface area contributed by atoms with Crippen molar-refractivity contribution in [2.75, 3.05) is 6.54 Å². The van der Waals surface area contributed by atoms with Crippen molar-refractivity contribution in [1.29, 1.82) is 0 Å². The van der Waals surface area contributed by atoms with E-state index in [-0.39, 0.29) is 0 Å². The fraction of sp³-hybridized carbons (Fsp3) is 0.273. The molecule has 0 saturated carbocycles. The van der Waals surface area contributed by atoms with Gasteiger partial charge in [-0.2, -0.15) is 0 Å². The van der Waals surface area contributed by atoms with Crippen molar-refractivity contribution in [3.8, 4) is 11.4 Å². The summed E-state index contributed by atoms with van der Waals surface area (Å²) in [5.74, 6) is 0.843. The lowest BCUT2D eigenvalue weighted by Gasteiger charge is -2.00. The number of aromatic nitrogens is 3. The van der Waals surface area contributed by atoms with Crippen LogP contribution in [0.3, 0.4) is 0 Å². The highest BCUT2D eigenvalue weighted by Gasteiger charge is 2.13. The summed E-state index contributed by atoms with van der Waals surface area (Å²) in [7, 11) is 1.89. The summed E-state index contributed by atoms with van der Waals surface area (Å²) >= 11 is 6.17. The minimum absolute atomic E-state index is 0.548. The van der Waals surface area contributed by atoms with Gasteiger partial charge in [0.25, 0.3) is 0 Å². The smallest absolute Gasteiger partial charge is 0.141 e. The van der Waals surface area contributed by atoms with Crippen LogP contribution in [0, 0.1) is 0 Å². The molecule has 0 spiro atoms. The monoisotopic (exact) mass is 236 g/mol. The predicted molar refractivity (Wildman–Crippen MR) is 64.2 cm³/mol. The molecule has 2 heterocycles. The van der Waals surface area contributed by atoms with Crippen molar-refractivity contribution in [3.63, 3.8) is 0 Å². The molecule has 0 saturated heterocycles. The standard InChI is InChI=1S/C11H13ClN4/c1-16-10(12)9(2-5-13)15-11(16)8-3-6-14-7-4-8/h3-4,6-7H,2,5,13H2,1H3. The Hall–Kier alpha value is -1.39. The number of rotatable bonds is 3. The van der Waals surface area contributed by atoms with Crippen LogP contribution in [0.15, 0.2) is 24.5 Å². The number of hydrogen-bond donors (Lipinski definition) is 1. The predicted octanol–water partition coefficient (Wildman–Crippen LogP) is 1.64. The molecule has 0 atom stereocenters. The topological polar surface area (TPSA) is 56.7 Å². The maximum absolute atomic E-state index is 6.17. The number of pyridine rings is 1. The van der Waals surface area contributed by atoms with Crippen LogP contribution in [-0.2, 0) is 13.5 Å². The van der Waals surface area contributed by atoms with Crippen LogP contribution in [0.2, 0.25) is 5.15 Å². The number of imidazole rings is 1. The molecule has 4 nitrogen and oxygen atoms in total. The molecule has 84 valence electrons. The number of halogens is 1. The van der Waals surface area contributed by atoms with Crippen molar-refractivity contribution in [3.05, 3.63) is 35.4 Å². The molecule has 2 N–H and O–H groups in total. The van der Waals surface area contributed by atoms with E-state index in [1.165, 1.54) is 0 Å². The molecule has 0 aliphatic heterocycles. The van der Waals surface area contributed by atoms with Gasteiger partial charge in [0.1, 0.15) is 11.0 Å². The summed E-state index contributed by atoms with van der Waals surface area (Å²) < 4.78 is 1.86. The van der Waals surface area contributed by atoms with Gasteiger partial charge < -0.3 is 10.3 Å². The first-order chi connectivity index (χ1) is 7.74. The van der Waals surface area contributed by atoms with E-state index in [9.17, 15) is 0 Å². The average molecular weight is 237 g/mol. The lowest BCUT2D eigenvalue weighted by Crippen LogP contribution is -2.03. The minimum atomic E-state index is 0.548. The number of nitrogens with two attached hydrogens (primary N) is 1. The molecule has 0 fully saturated rings. The Balaban J connectivity index is 2.46. The fourth-order valence-corrected chi connectivity index (χ4v) is 1.81. The molecule has 0 aromatic carbocycles. The van der Waals surface area contributed by atoms with Crippen LogP contribution in [0.5, 0.6) is 0 Å². The first-order valence-corrected chi connectivity index (χ1v) is 5.43. The largest absolute Gasteiger partial charge is 0.330 e. The van der Waals surface area contributed by atoms with Gasteiger partial charge in [0, 0.05) is 31.4 Å². The van der Waals surface area contributed by atoms with Crippen molar-refractivity contribution in [2.45, 2.75) is 6.42 Å². The van der Waals surface area contributed by atoms with Gasteiger partial charge in [0.15, 0.2) is 0 Å². The van der Waals surface area contributed by atoms with E-state index in [1.807, 2.05) is 23.7 Å². The second kappa shape index (κ2) is 4.63. The molecule has 0 bridgehead atoms. The molecule has 0 radical (unpaired) electrons. The van der Waals surface area contributed by atoms with Gasteiger partial charge in [-0.25, -0.2) is 4.98 Å². The van der Waals surface area contributed by atoms with Crippen molar-refractivity contribution < 1.29 is 0 Å². The van der Waals surface area contributed by atoms with Crippen LogP contribution >= 0.6 is 11.6 Å². The third kappa shape index (κ3) is 1.94. The van der Waals surface area contributed by atoms with Gasteiger partial charge in [-0.3, -0.25) is 4.98 Å². The summed E-state index contributed by atoms with van der Waals surface area (Å²) in [6.07, 6.45) is 4.17. The first kappa shape index (κ1) is 11.1. The zero-order chi connectivity index (χ0) is 11.5. The number of nitrogens with zero attached hydrogens (tertiary/aromatic N) is 3. The molecular formula is C11H13ClN4. The van der Waals surface area contributed by atoms with Crippen LogP contribution in [-0.4, -0.2) is 21.1 Å². The van der Waals surface area contributed by atoms with Gasteiger partial charge in [0.2, 0.25) is 0 Å². The summed E-state index contributed by atoms with van der Waals surface area (Å²) in [5.41, 5.74) is 7.36. The minimum Gasteiger partial charge on any atom is -0.330 e. The maximum atomic E-state index is 6.17. The molecule has 5 heteroatoms. The molecule has 2 aromatic heterocycles. The molecule has 16 heavy (non-hydrogen) atoms. The zero-order valence-corrected chi connectivity index (χ0v) is 9.78. The SMILES string of the molecule is Cn1c(-c2ccncc2)nc(CCN)c1Cl. The second-order valence-corrected chi connectivity index (χ2v) is 3.86. The molecule has 0 amide bonds. The summed E-state index contributed by atoms with van der Waals surface area (Å²) in [4.78, 5) is 8.47. The molecular weight excluding hydrogens is 224 g/mol. The first-order valence-electron chi connectivity index (χ1n) is 5.05. The lowest BCUT2D eigenvalue weighted by molar-refractivity contribution is 0.913. The normalized spacial score (nSPS) is 10.7. The van der Waals surface area contributed by atoms with Gasteiger partial charge in [-0.05, 0) is 18.7 Å². The van der Waals surface area contributed by atoms with Gasteiger partial charge in [-0.1, -0.05) is 11.6 Å². The van der Waals surface area contributed by atoms with Crippen LogP contribution in [0.25, 0.3) is 11.4 Å². The van der Waals surface area contributed by atoms with E-state index >= 15 is 0 Å². The second-order valence-electron chi connectivity index (χ2n) is 3.51. The summed E-state index contributed by atoms with van der Waals surface area (Å²) in [5, 5.41) is 0.650. The molecule has 2 aromatic rings. The third-order valence-corrected chi connectivity index (χ3v) is 2.88. The van der Waals surface area contributed by atoms with Crippen LogP contribution < -0.4 is 5.73 Å². The van der Waals surface area contributed by atoms with Gasteiger partial charge in [0.05, 0.1) is 5.69 Å². The Morgan fingerprint density at radius 2 is 2.06 bits per heavy atom. The maximum Gasteiger partial charge on any atom is 0.141 e. The van der Waals surface area contributed by atoms with E-state index in [0.29, 0.717) is 18.1 Å². The highest BCUT2D eigenvalue weighted by Crippen LogP contribution is 2.24. The molecule has 0 aliphatic carbocycles. The summed E-state index contributed by atoms with van der Waals surface area (Å²) in [6.45, 7) is 0.548. The molecule has 0 aliphatic rings. The quantitative estimate of drug-likeness (QED) is 0.882. The molecule has 0 unspecified atom stereocenters. The van der Waals surface area contributed by atoms with E-state index in [1.54, 1.807) is 12.4 Å². The highest BCUT2D eigenvalue weighted by atomic mass is 35.5. The zero-order valence-electron chi connectivity index (χ0n) is 9.02. The Morgan fingerprint density at radius 1 is 1.38 bits per heavy atom. The van der Waals surface area contributed by atoms with E-state index in [2.05, 4.69) is 9.97 Å². The Kier molecular flexibility index (Phi) is 3.22. The van der Waals surface area contributed by atoms with E-state index in [4.69, 9.17) is 17.3 Å². The Labute approximate surface area is 99.1 Å². The van der Waals surface area contributed by atoms with E-state index < -0.39 is 0 Å². The van der Waals surface area contributed by atoms with Crippen molar-refractivity contribution in [2.24, 2.45) is 12.8 Å². The van der Waals surface area contributed by atoms with Crippen molar-refractivity contribution in [1.82, 2.24) is 14.5 Å². The third-order valence-electron chi connectivity index (χ3n) is 2.41. The number of hydrogen-bond acceptors (Lipinski definition) is 3. The Morgan fingerprint density at radius 3 is 2.69 bits per heavy atom. The molecule has 2 rings (SSSR count). The fourth-order valence-electron chi connectivity index (χ4n) is 1.59. The highest BCUT2D eigenvalue weighted by molar-refractivity contribution is 6.30.